The summed E-state index contributed by atoms with van der Waals surface area (Å²) in [5.74, 6) is 0.978. The number of aromatic nitrogens is 1. The number of carbonyl (C=O) groups excluding carboxylic acids is 1. The number of carbonyl (C=O) groups is 1. The zero-order valence-electron chi connectivity index (χ0n) is 17.4. The van der Waals surface area contributed by atoms with Gasteiger partial charge in [0.05, 0.1) is 6.54 Å². The quantitative estimate of drug-likeness (QED) is 0.547. The predicted octanol–water partition coefficient (Wildman–Crippen LogP) is 6.14. The molecule has 1 aliphatic carbocycles. The van der Waals surface area contributed by atoms with Crippen molar-refractivity contribution < 1.29 is 4.79 Å². The van der Waals surface area contributed by atoms with Crippen LogP contribution in [0.25, 0.3) is 0 Å². The second-order valence-electron chi connectivity index (χ2n) is 8.54. The van der Waals surface area contributed by atoms with Gasteiger partial charge < -0.3 is 9.47 Å². The van der Waals surface area contributed by atoms with Crippen molar-refractivity contribution in [3.8, 4) is 0 Å². The summed E-state index contributed by atoms with van der Waals surface area (Å²) in [4.78, 5) is 15.5. The zero-order valence-corrected chi connectivity index (χ0v) is 18.2. The summed E-state index contributed by atoms with van der Waals surface area (Å²) in [6, 6.07) is 12.4. The normalized spacial score (nSPS) is 16.3. The second-order valence-corrected chi connectivity index (χ2v) is 8.98. The van der Waals surface area contributed by atoms with E-state index in [1.54, 1.807) is 0 Å². The summed E-state index contributed by atoms with van der Waals surface area (Å²) in [6.07, 6.45) is 7.83. The smallest absolute Gasteiger partial charge is 0.226 e. The largest absolute Gasteiger partial charge is 0.345 e. The first-order valence-electron chi connectivity index (χ1n) is 10.6. The van der Waals surface area contributed by atoms with E-state index in [1.165, 1.54) is 30.5 Å². The number of halogens is 1. The third-order valence-corrected chi connectivity index (χ3v) is 6.43. The van der Waals surface area contributed by atoms with Gasteiger partial charge in [-0.15, -0.1) is 0 Å². The molecule has 1 atom stereocenters. The van der Waals surface area contributed by atoms with E-state index in [-0.39, 0.29) is 12.0 Å². The Morgan fingerprint density at radius 1 is 1.14 bits per heavy atom. The molecule has 1 aliphatic rings. The Labute approximate surface area is 174 Å². The third-order valence-electron chi connectivity index (χ3n) is 6.19. The van der Waals surface area contributed by atoms with Gasteiger partial charge in [0.25, 0.3) is 0 Å². The summed E-state index contributed by atoms with van der Waals surface area (Å²) in [5.41, 5.74) is 2.35. The molecule has 4 heteroatoms. The number of nitrogens with zero attached hydrogens (tertiary/aromatic N) is 2. The Morgan fingerprint density at radius 2 is 1.89 bits per heavy atom. The summed E-state index contributed by atoms with van der Waals surface area (Å²) in [7, 11) is 0. The predicted molar refractivity (Wildman–Crippen MR) is 116 cm³/mol. The zero-order chi connectivity index (χ0) is 20.1. The van der Waals surface area contributed by atoms with Crippen LogP contribution in [-0.2, 0) is 17.9 Å². The van der Waals surface area contributed by atoms with Crippen molar-refractivity contribution in [1.82, 2.24) is 9.47 Å². The molecular weight excluding hydrogens is 368 g/mol. The number of rotatable bonds is 7. The molecule has 2 aromatic rings. The molecular formula is C24H33ClN2O. The van der Waals surface area contributed by atoms with Crippen LogP contribution in [0.2, 0.25) is 5.02 Å². The topological polar surface area (TPSA) is 25.2 Å². The average Bonchev–Trinajstić information content (AvgIpc) is 3.12. The van der Waals surface area contributed by atoms with Crippen LogP contribution in [-0.4, -0.2) is 21.4 Å². The Hall–Kier alpha value is -1.74. The lowest BCUT2D eigenvalue weighted by molar-refractivity contribution is -0.140. The summed E-state index contributed by atoms with van der Waals surface area (Å²) < 4.78 is 2.24. The minimum absolute atomic E-state index is 0.200. The molecule has 0 N–H and O–H groups in total. The van der Waals surface area contributed by atoms with Gasteiger partial charge in [0.2, 0.25) is 5.91 Å². The highest BCUT2D eigenvalue weighted by Gasteiger charge is 2.30. The van der Waals surface area contributed by atoms with Gasteiger partial charge in [0, 0.05) is 35.4 Å². The van der Waals surface area contributed by atoms with Crippen molar-refractivity contribution in [2.45, 2.75) is 72.0 Å². The summed E-state index contributed by atoms with van der Waals surface area (Å²) in [6.45, 7) is 8.04. The molecule has 1 amide bonds. The molecule has 1 saturated carbocycles. The van der Waals surface area contributed by atoms with Gasteiger partial charge in [-0.1, -0.05) is 56.8 Å². The maximum Gasteiger partial charge on any atom is 0.226 e. The lowest BCUT2D eigenvalue weighted by Crippen LogP contribution is -2.44. The highest BCUT2D eigenvalue weighted by molar-refractivity contribution is 6.30. The third kappa shape index (κ3) is 5.20. The van der Waals surface area contributed by atoms with Crippen molar-refractivity contribution in [1.29, 1.82) is 0 Å². The molecule has 0 aliphatic heterocycles. The first kappa shape index (κ1) is 21.0. The maximum absolute atomic E-state index is 13.4. The van der Waals surface area contributed by atoms with E-state index in [4.69, 9.17) is 11.6 Å². The van der Waals surface area contributed by atoms with E-state index in [1.807, 2.05) is 18.2 Å². The first-order valence-corrected chi connectivity index (χ1v) is 11.0. The van der Waals surface area contributed by atoms with Gasteiger partial charge in [-0.05, 0) is 55.5 Å². The van der Waals surface area contributed by atoms with Gasteiger partial charge >= 0.3 is 0 Å². The Balaban J connectivity index is 1.79. The van der Waals surface area contributed by atoms with Crippen LogP contribution in [0.4, 0.5) is 0 Å². The van der Waals surface area contributed by atoms with Crippen LogP contribution >= 0.6 is 11.6 Å². The first-order chi connectivity index (χ1) is 13.5. The van der Waals surface area contributed by atoms with Crippen molar-refractivity contribution >= 4 is 17.5 Å². The lowest BCUT2D eigenvalue weighted by Gasteiger charge is -2.36. The maximum atomic E-state index is 13.4. The molecule has 0 spiro atoms. The second kappa shape index (κ2) is 9.65. The molecule has 1 aromatic carbocycles. The number of hydrogen-bond acceptors (Lipinski definition) is 1. The average molecular weight is 401 g/mol. The van der Waals surface area contributed by atoms with Gasteiger partial charge in [0.15, 0.2) is 0 Å². The monoisotopic (exact) mass is 400 g/mol. The Bertz CT molecular complexity index is 776. The fourth-order valence-corrected chi connectivity index (χ4v) is 4.33. The molecule has 0 radical (unpaired) electrons. The van der Waals surface area contributed by atoms with Gasteiger partial charge in [-0.3, -0.25) is 4.79 Å². The van der Waals surface area contributed by atoms with E-state index >= 15 is 0 Å². The SMILES string of the molecule is CC(C)C(C)N(Cc1cccn1Cc1cccc(Cl)c1)C(=O)C1CCCCC1. The minimum atomic E-state index is 0.200. The van der Waals surface area contributed by atoms with E-state index in [9.17, 15) is 4.79 Å². The molecule has 1 fully saturated rings. The highest BCUT2D eigenvalue weighted by atomic mass is 35.5. The van der Waals surface area contributed by atoms with Crippen LogP contribution in [0.15, 0.2) is 42.6 Å². The molecule has 0 saturated heterocycles. The Kier molecular flexibility index (Phi) is 7.23. The standard InChI is InChI=1S/C24H33ClN2O/c1-18(2)19(3)27(24(28)21-10-5-4-6-11-21)17-23-13-8-14-26(23)16-20-9-7-12-22(25)15-20/h7-9,12-15,18-19,21H,4-6,10-11,16-17H2,1-3H3. The van der Waals surface area contributed by atoms with Gasteiger partial charge in [-0.2, -0.15) is 0 Å². The van der Waals surface area contributed by atoms with Crippen LogP contribution < -0.4 is 0 Å². The molecule has 3 rings (SSSR count). The minimum Gasteiger partial charge on any atom is -0.345 e. The molecule has 1 heterocycles. The van der Waals surface area contributed by atoms with Crippen LogP contribution in [0, 0.1) is 11.8 Å². The fourth-order valence-electron chi connectivity index (χ4n) is 4.12. The van der Waals surface area contributed by atoms with E-state index < -0.39 is 0 Å². The van der Waals surface area contributed by atoms with Crippen LogP contribution in [0.3, 0.4) is 0 Å². The van der Waals surface area contributed by atoms with Crippen molar-refractivity contribution in [2.24, 2.45) is 11.8 Å². The van der Waals surface area contributed by atoms with Gasteiger partial charge in [-0.25, -0.2) is 0 Å². The number of amides is 1. The molecule has 0 bridgehead atoms. The highest BCUT2D eigenvalue weighted by Crippen LogP contribution is 2.28. The lowest BCUT2D eigenvalue weighted by atomic mass is 9.87. The van der Waals surface area contributed by atoms with Crippen molar-refractivity contribution in [2.75, 3.05) is 0 Å². The van der Waals surface area contributed by atoms with Crippen molar-refractivity contribution in [3.05, 3.63) is 58.9 Å². The fraction of sp³-hybridized carbons (Fsp3) is 0.542. The number of hydrogen-bond donors (Lipinski definition) is 0. The molecule has 28 heavy (non-hydrogen) atoms. The summed E-state index contributed by atoms with van der Waals surface area (Å²) >= 11 is 6.15. The molecule has 1 aromatic heterocycles. The van der Waals surface area contributed by atoms with Crippen molar-refractivity contribution in [3.63, 3.8) is 0 Å². The molecule has 3 nitrogen and oxygen atoms in total. The summed E-state index contributed by atoms with van der Waals surface area (Å²) in [5, 5.41) is 0.758. The van der Waals surface area contributed by atoms with E-state index in [0.29, 0.717) is 18.4 Å². The van der Waals surface area contributed by atoms with Crippen LogP contribution in [0.1, 0.15) is 64.1 Å². The Morgan fingerprint density at radius 3 is 2.57 bits per heavy atom. The van der Waals surface area contributed by atoms with Gasteiger partial charge in [0.1, 0.15) is 0 Å². The molecule has 152 valence electrons. The van der Waals surface area contributed by atoms with E-state index in [0.717, 1.165) is 24.4 Å². The molecule has 1 unspecified atom stereocenters. The van der Waals surface area contributed by atoms with E-state index in [2.05, 4.69) is 54.6 Å². The number of benzene rings is 1. The van der Waals surface area contributed by atoms with Crippen LogP contribution in [0.5, 0.6) is 0 Å².